The van der Waals surface area contributed by atoms with Crippen molar-refractivity contribution >= 4 is 33.5 Å². The average molecular weight is 399 g/mol. The molecule has 1 amide bonds. The average Bonchev–Trinajstić information content (AvgIpc) is 2.55. The molecule has 1 rings (SSSR count). The number of hydrogen-bond donors (Lipinski definition) is 3. The van der Waals surface area contributed by atoms with Gasteiger partial charge in [-0.25, -0.2) is 0 Å². The summed E-state index contributed by atoms with van der Waals surface area (Å²) in [5, 5.41) is 12.7. The van der Waals surface area contributed by atoms with Crippen LogP contribution in [0.2, 0.25) is 0 Å². The van der Waals surface area contributed by atoms with E-state index >= 15 is 0 Å². The Morgan fingerprint density at radius 2 is 1.62 bits per heavy atom. The predicted molar refractivity (Wildman–Crippen MR) is 100 cm³/mol. The van der Waals surface area contributed by atoms with Crippen LogP contribution >= 0.6 is 15.9 Å². The summed E-state index contributed by atoms with van der Waals surface area (Å²) in [4.78, 5) is 22.6. The van der Waals surface area contributed by atoms with Gasteiger partial charge in [-0.3, -0.25) is 9.59 Å². The van der Waals surface area contributed by atoms with Gasteiger partial charge in [-0.2, -0.15) is 0 Å². The number of carboxylic acids is 1. The Morgan fingerprint density at radius 3 is 2.21 bits per heavy atom. The van der Waals surface area contributed by atoms with Gasteiger partial charge in [0.2, 0.25) is 5.91 Å². The van der Waals surface area contributed by atoms with Crippen LogP contribution in [0.5, 0.6) is 0 Å². The molecule has 24 heavy (non-hydrogen) atoms. The normalized spacial score (nSPS) is 11.9. The standard InChI is InChI=1S/C18H27BrN2O3/c19-12-6-4-2-1-3-5-7-17(22)21-15-10-8-14(9-11-15)13-16(20)18(23)24/h8-11,16H,1-7,12-13,20H2,(H,21,22)(H,23,24). The summed E-state index contributed by atoms with van der Waals surface area (Å²) in [5.74, 6) is -0.995. The number of hydrogen-bond acceptors (Lipinski definition) is 3. The number of carbonyl (C=O) groups excluding carboxylic acids is 1. The first kappa shape index (κ1) is 20.6. The SMILES string of the molecule is NC(Cc1ccc(NC(=O)CCCCCCCCBr)cc1)C(=O)O. The number of aliphatic carboxylic acids is 1. The zero-order valence-corrected chi connectivity index (χ0v) is 15.6. The lowest BCUT2D eigenvalue weighted by molar-refractivity contribution is -0.138. The summed E-state index contributed by atoms with van der Waals surface area (Å²) >= 11 is 3.42. The molecule has 1 atom stereocenters. The number of carboxylic acid groups (broad SMARTS) is 1. The lowest BCUT2D eigenvalue weighted by Gasteiger charge is -2.08. The number of carbonyl (C=O) groups is 2. The summed E-state index contributed by atoms with van der Waals surface area (Å²) in [6.45, 7) is 0. The van der Waals surface area contributed by atoms with Gasteiger partial charge in [0.1, 0.15) is 6.04 Å². The van der Waals surface area contributed by atoms with Gasteiger partial charge in [0.15, 0.2) is 0 Å². The van der Waals surface area contributed by atoms with Gasteiger partial charge in [-0.1, -0.05) is 53.7 Å². The second kappa shape index (κ2) is 12.0. The Bertz CT molecular complexity index is 505. The number of alkyl halides is 1. The van der Waals surface area contributed by atoms with E-state index in [0.717, 1.165) is 29.4 Å². The van der Waals surface area contributed by atoms with Crippen LogP contribution in [0.4, 0.5) is 5.69 Å². The van der Waals surface area contributed by atoms with Gasteiger partial charge in [0.05, 0.1) is 0 Å². The molecule has 0 saturated heterocycles. The van der Waals surface area contributed by atoms with E-state index < -0.39 is 12.0 Å². The fraction of sp³-hybridized carbons (Fsp3) is 0.556. The first-order valence-electron chi connectivity index (χ1n) is 8.46. The van der Waals surface area contributed by atoms with E-state index in [9.17, 15) is 9.59 Å². The van der Waals surface area contributed by atoms with Gasteiger partial charge in [0, 0.05) is 17.4 Å². The monoisotopic (exact) mass is 398 g/mol. The summed E-state index contributed by atoms with van der Waals surface area (Å²) in [6, 6.07) is 6.24. The molecule has 6 heteroatoms. The molecule has 0 aromatic heterocycles. The highest BCUT2D eigenvalue weighted by atomic mass is 79.9. The zero-order valence-electron chi connectivity index (χ0n) is 14.0. The third-order valence-corrected chi connectivity index (χ3v) is 4.36. The topological polar surface area (TPSA) is 92.4 Å². The van der Waals surface area contributed by atoms with E-state index in [1.165, 1.54) is 25.7 Å². The Balaban J connectivity index is 2.23. The minimum atomic E-state index is -1.01. The molecular weight excluding hydrogens is 372 g/mol. The van der Waals surface area contributed by atoms with Crippen molar-refractivity contribution in [1.29, 1.82) is 0 Å². The van der Waals surface area contributed by atoms with E-state index in [1.54, 1.807) is 24.3 Å². The molecule has 0 aliphatic carbocycles. The molecular formula is C18H27BrN2O3. The van der Waals surface area contributed by atoms with Crippen molar-refractivity contribution in [3.63, 3.8) is 0 Å². The van der Waals surface area contributed by atoms with Gasteiger partial charge in [0.25, 0.3) is 0 Å². The number of unbranched alkanes of at least 4 members (excludes halogenated alkanes) is 5. The molecule has 134 valence electrons. The highest BCUT2D eigenvalue weighted by molar-refractivity contribution is 9.09. The quantitative estimate of drug-likeness (QED) is 0.369. The van der Waals surface area contributed by atoms with E-state index in [0.29, 0.717) is 6.42 Å². The molecule has 1 unspecified atom stereocenters. The summed E-state index contributed by atoms with van der Waals surface area (Å²) in [5.41, 5.74) is 7.07. The van der Waals surface area contributed by atoms with E-state index in [1.807, 2.05) is 0 Å². The summed E-state index contributed by atoms with van der Waals surface area (Å²) in [6.07, 6.45) is 7.67. The Labute approximate surface area is 152 Å². The maximum absolute atomic E-state index is 11.9. The van der Waals surface area contributed by atoms with Crippen LogP contribution in [0.3, 0.4) is 0 Å². The van der Waals surface area contributed by atoms with Crippen molar-refractivity contribution in [2.75, 3.05) is 10.6 Å². The van der Waals surface area contributed by atoms with Gasteiger partial charge in [-0.15, -0.1) is 0 Å². The number of nitrogens with one attached hydrogen (secondary N) is 1. The van der Waals surface area contributed by atoms with Gasteiger partial charge in [-0.05, 0) is 37.0 Å². The second-order valence-electron chi connectivity index (χ2n) is 5.95. The van der Waals surface area contributed by atoms with Crippen molar-refractivity contribution < 1.29 is 14.7 Å². The molecule has 0 radical (unpaired) electrons. The first-order chi connectivity index (χ1) is 11.5. The van der Waals surface area contributed by atoms with Crippen molar-refractivity contribution in [3.8, 4) is 0 Å². The smallest absolute Gasteiger partial charge is 0.320 e. The van der Waals surface area contributed by atoms with Crippen molar-refractivity contribution in [2.45, 2.75) is 57.4 Å². The lowest BCUT2D eigenvalue weighted by atomic mass is 10.1. The summed E-state index contributed by atoms with van der Waals surface area (Å²) < 4.78 is 0. The molecule has 1 aromatic carbocycles. The highest BCUT2D eigenvalue weighted by Gasteiger charge is 2.12. The molecule has 0 aliphatic heterocycles. The molecule has 0 fully saturated rings. The van der Waals surface area contributed by atoms with Crippen LogP contribution in [0.15, 0.2) is 24.3 Å². The Kier molecular flexibility index (Phi) is 10.4. The third kappa shape index (κ3) is 9.03. The number of nitrogens with two attached hydrogens (primary N) is 1. The number of rotatable bonds is 12. The van der Waals surface area contributed by atoms with E-state index in [4.69, 9.17) is 10.8 Å². The third-order valence-electron chi connectivity index (χ3n) is 3.80. The number of halogens is 1. The lowest BCUT2D eigenvalue weighted by Crippen LogP contribution is -2.32. The molecule has 0 heterocycles. The molecule has 5 nitrogen and oxygen atoms in total. The van der Waals surface area contributed by atoms with Crippen molar-refractivity contribution in [1.82, 2.24) is 0 Å². The fourth-order valence-electron chi connectivity index (χ4n) is 2.38. The van der Waals surface area contributed by atoms with Gasteiger partial charge < -0.3 is 16.2 Å². The summed E-state index contributed by atoms with van der Waals surface area (Å²) in [7, 11) is 0. The van der Waals surface area contributed by atoms with E-state index in [2.05, 4.69) is 21.2 Å². The van der Waals surface area contributed by atoms with Crippen LogP contribution in [-0.4, -0.2) is 28.4 Å². The van der Waals surface area contributed by atoms with Crippen LogP contribution in [0, 0.1) is 0 Å². The number of anilines is 1. The largest absolute Gasteiger partial charge is 0.480 e. The minimum Gasteiger partial charge on any atom is -0.480 e. The molecule has 0 bridgehead atoms. The maximum atomic E-state index is 11.9. The van der Waals surface area contributed by atoms with Crippen molar-refractivity contribution in [3.05, 3.63) is 29.8 Å². The zero-order chi connectivity index (χ0) is 17.8. The minimum absolute atomic E-state index is 0.0189. The Hall–Kier alpha value is -1.40. The fourth-order valence-corrected chi connectivity index (χ4v) is 2.77. The molecule has 0 spiro atoms. The highest BCUT2D eigenvalue weighted by Crippen LogP contribution is 2.13. The number of amides is 1. The van der Waals surface area contributed by atoms with Crippen molar-refractivity contribution in [2.24, 2.45) is 5.73 Å². The molecule has 1 aromatic rings. The van der Waals surface area contributed by atoms with Crippen LogP contribution in [-0.2, 0) is 16.0 Å². The molecule has 4 N–H and O–H groups in total. The van der Waals surface area contributed by atoms with Crippen LogP contribution in [0.25, 0.3) is 0 Å². The second-order valence-corrected chi connectivity index (χ2v) is 6.75. The molecule has 0 saturated carbocycles. The Morgan fingerprint density at radius 1 is 1.04 bits per heavy atom. The van der Waals surface area contributed by atoms with Crippen LogP contribution < -0.4 is 11.1 Å². The van der Waals surface area contributed by atoms with Crippen LogP contribution in [0.1, 0.15) is 50.5 Å². The molecule has 0 aliphatic rings. The predicted octanol–water partition coefficient (Wildman–Crippen LogP) is 3.71. The first-order valence-corrected chi connectivity index (χ1v) is 9.58. The van der Waals surface area contributed by atoms with E-state index in [-0.39, 0.29) is 12.3 Å². The number of benzene rings is 1. The maximum Gasteiger partial charge on any atom is 0.320 e. The van der Waals surface area contributed by atoms with Gasteiger partial charge >= 0.3 is 5.97 Å².